The van der Waals surface area contributed by atoms with E-state index in [0.29, 0.717) is 13.0 Å². The first-order chi connectivity index (χ1) is 10.0. The lowest BCUT2D eigenvalue weighted by atomic mass is 10.1. The minimum Gasteiger partial charge on any atom is -0.465 e. The molecule has 0 saturated carbocycles. The molecule has 21 heavy (non-hydrogen) atoms. The first kappa shape index (κ1) is 16.4. The number of esters is 1. The predicted octanol–water partition coefficient (Wildman–Crippen LogP) is 1.46. The van der Waals surface area contributed by atoms with Crippen molar-refractivity contribution in [2.75, 3.05) is 20.3 Å². The molecule has 0 aromatic carbocycles. The quantitative estimate of drug-likeness (QED) is 0.843. The first-order valence-electron chi connectivity index (χ1n) is 6.81. The van der Waals surface area contributed by atoms with Gasteiger partial charge in [-0.2, -0.15) is 4.31 Å². The van der Waals surface area contributed by atoms with Crippen molar-refractivity contribution in [3.63, 3.8) is 0 Å². The van der Waals surface area contributed by atoms with Crippen LogP contribution in [0.1, 0.15) is 35.4 Å². The summed E-state index contributed by atoms with van der Waals surface area (Å²) < 4.78 is 31.6. The van der Waals surface area contributed by atoms with Gasteiger partial charge in [0, 0.05) is 12.6 Å². The van der Waals surface area contributed by atoms with Crippen LogP contribution in [0.15, 0.2) is 16.3 Å². The van der Waals surface area contributed by atoms with Crippen molar-refractivity contribution < 1.29 is 23.1 Å². The molecule has 1 unspecified atom stereocenters. The zero-order valence-electron chi connectivity index (χ0n) is 11.8. The number of carbonyl (C=O) groups is 1. The summed E-state index contributed by atoms with van der Waals surface area (Å²) in [7, 11) is -2.58. The summed E-state index contributed by atoms with van der Waals surface area (Å²) in [5, 5.41) is 11.0. The Morgan fingerprint density at radius 2 is 2.24 bits per heavy atom. The van der Waals surface area contributed by atoms with Gasteiger partial charge in [-0.25, -0.2) is 13.2 Å². The smallest absolute Gasteiger partial charge is 0.349 e. The molecular formula is C13H19NO5S2. The Kier molecular flexibility index (Phi) is 5.37. The molecule has 8 heteroatoms. The Labute approximate surface area is 128 Å². The number of ether oxygens (including phenoxy) is 1. The number of aliphatic hydroxyl groups excluding tert-OH is 1. The van der Waals surface area contributed by atoms with Crippen LogP contribution in [0.25, 0.3) is 0 Å². The number of carbonyl (C=O) groups excluding carboxylic acids is 1. The average molecular weight is 333 g/mol. The van der Waals surface area contributed by atoms with Gasteiger partial charge in [-0.15, -0.1) is 11.3 Å². The van der Waals surface area contributed by atoms with Crippen LogP contribution in [0, 0.1) is 0 Å². The van der Waals surface area contributed by atoms with Crippen LogP contribution >= 0.6 is 11.3 Å². The molecular weight excluding hydrogens is 314 g/mol. The molecule has 1 saturated heterocycles. The van der Waals surface area contributed by atoms with Gasteiger partial charge in [0.2, 0.25) is 10.0 Å². The molecule has 0 spiro atoms. The van der Waals surface area contributed by atoms with Crippen molar-refractivity contribution in [3.05, 3.63) is 16.3 Å². The molecule has 1 atom stereocenters. The molecule has 1 aliphatic heterocycles. The summed E-state index contributed by atoms with van der Waals surface area (Å²) in [5.74, 6) is -0.654. The van der Waals surface area contributed by atoms with E-state index in [1.165, 1.54) is 17.5 Å². The molecule has 0 aliphatic carbocycles. The van der Waals surface area contributed by atoms with E-state index in [1.54, 1.807) is 5.38 Å². The van der Waals surface area contributed by atoms with Crippen LogP contribution in [-0.4, -0.2) is 50.1 Å². The third-order valence-corrected chi connectivity index (χ3v) is 6.64. The normalized spacial score (nSPS) is 21.0. The summed E-state index contributed by atoms with van der Waals surface area (Å²) in [6.07, 6.45) is 3.22. The van der Waals surface area contributed by atoms with Crippen LogP contribution in [0.4, 0.5) is 0 Å². The molecule has 1 aromatic rings. The Morgan fingerprint density at radius 3 is 2.90 bits per heavy atom. The van der Waals surface area contributed by atoms with Gasteiger partial charge in [0.05, 0.1) is 13.7 Å². The highest BCUT2D eigenvalue weighted by Gasteiger charge is 2.35. The van der Waals surface area contributed by atoms with Crippen LogP contribution in [0.5, 0.6) is 0 Å². The zero-order chi connectivity index (χ0) is 15.5. The van der Waals surface area contributed by atoms with E-state index in [2.05, 4.69) is 4.74 Å². The number of hydrogen-bond acceptors (Lipinski definition) is 6. The molecule has 1 N–H and O–H groups in total. The van der Waals surface area contributed by atoms with E-state index in [4.69, 9.17) is 0 Å². The van der Waals surface area contributed by atoms with Crippen molar-refractivity contribution in [2.24, 2.45) is 0 Å². The molecule has 1 fully saturated rings. The van der Waals surface area contributed by atoms with E-state index in [-0.39, 0.29) is 16.4 Å². The van der Waals surface area contributed by atoms with Crippen molar-refractivity contribution >= 4 is 27.3 Å². The highest BCUT2D eigenvalue weighted by Crippen LogP contribution is 2.29. The lowest BCUT2D eigenvalue weighted by molar-refractivity contribution is 0.0602. The van der Waals surface area contributed by atoms with Crippen LogP contribution in [0.3, 0.4) is 0 Å². The minimum atomic E-state index is -3.81. The lowest BCUT2D eigenvalue weighted by Crippen LogP contribution is -2.42. The number of nitrogens with zero attached hydrogens (tertiary/aromatic N) is 1. The molecule has 0 radical (unpaired) electrons. The van der Waals surface area contributed by atoms with E-state index in [1.807, 2.05) is 0 Å². The van der Waals surface area contributed by atoms with E-state index >= 15 is 0 Å². The second kappa shape index (κ2) is 6.87. The van der Waals surface area contributed by atoms with Gasteiger partial charge in [-0.3, -0.25) is 0 Å². The van der Waals surface area contributed by atoms with E-state index in [0.717, 1.165) is 30.6 Å². The summed E-state index contributed by atoms with van der Waals surface area (Å²) in [4.78, 5) is 11.8. The third kappa shape index (κ3) is 3.28. The number of aliphatic hydroxyl groups is 1. The minimum absolute atomic E-state index is 0.0281. The third-order valence-electron chi connectivity index (χ3n) is 3.62. The fraction of sp³-hybridized carbons (Fsp3) is 0.615. The Bertz CT molecular complexity index is 595. The van der Waals surface area contributed by atoms with E-state index in [9.17, 15) is 18.3 Å². The van der Waals surface area contributed by atoms with Crippen LogP contribution in [-0.2, 0) is 14.8 Å². The molecule has 1 aliphatic rings. The second-order valence-corrected chi connectivity index (χ2v) is 7.68. The highest BCUT2D eigenvalue weighted by atomic mass is 32.2. The van der Waals surface area contributed by atoms with Crippen molar-refractivity contribution in [2.45, 2.75) is 36.6 Å². The Hall–Kier alpha value is -0.960. The fourth-order valence-electron chi connectivity index (χ4n) is 2.52. The van der Waals surface area contributed by atoms with Gasteiger partial charge >= 0.3 is 5.97 Å². The highest BCUT2D eigenvalue weighted by molar-refractivity contribution is 7.89. The Balaban J connectivity index is 2.40. The summed E-state index contributed by atoms with van der Waals surface area (Å²) >= 11 is 1.04. The zero-order valence-corrected chi connectivity index (χ0v) is 13.5. The monoisotopic (exact) mass is 333 g/mol. The Morgan fingerprint density at radius 1 is 1.48 bits per heavy atom. The van der Waals surface area contributed by atoms with Gasteiger partial charge in [0.1, 0.15) is 9.77 Å². The van der Waals surface area contributed by atoms with Crippen molar-refractivity contribution in [1.82, 2.24) is 4.31 Å². The maximum absolute atomic E-state index is 12.8. The number of methoxy groups -OCH3 is 1. The molecule has 1 aromatic heterocycles. The SMILES string of the molecule is COC(=O)c1sccc1S(=O)(=O)N1CCCCCC1CO. The van der Waals surface area contributed by atoms with Crippen LogP contribution in [0.2, 0.25) is 0 Å². The number of rotatable bonds is 4. The second-order valence-electron chi connectivity index (χ2n) is 4.91. The summed E-state index contributed by atoms with van der Waals surface area (Å²) in [6, 6.07) is 0.994. The van der Waals surface area contributed by atoms with Crippen molar-refractivity contribution in [3.8, 4) is 0 Å². The largest absolute Gasteiger partial charge is 0.465 e. The van der Waals surface area contributed by atoms with Crippen LogP contribution < -0.4 is 0 Å². The maximum atomic E-state index is 12.8. The molecule has 2 rings (SSSR count). The van der Waals surface area contributed by atoms with Crippen molar-refractivity contribution in [1.29, 1.82) is 0 Å². The molecule has 0 amide bonds. The van der Waals surface area contributed by atoms with Gasteiger partial charge in [0.25, 0.3) is 0 Å². The number of sulfonamides is 1. The topological polar surface area (TPSA) is 83.9 Å². The number of thiophene rings is 1. The van der Waals surface area contributed by atoms with Gasteiger partial charge in [-0.1, -0.05) is 12.8 Å². The number of hydrogen-bond donors (Lipinski definition) is 1. The molecule has 118 valence electrons. The lowest BCUT2D eigenvalue weighted by Gasteiger charge is -2.27. The maximum Gasteiger partial charge on any atom is 0.349 e. The van der Waals surface area contributed by atoms with E-state index < -0.39 is 22.0 Å². The first-order valence-corrected chi connectivity index (χ1v) is 9.13. The molecule has 2 heterocycles. The van der Waals surface area contributed by atoms with Gasteiger partial charge < -0.3 is 9.84 Å². The summed E-state index contributed by atoms with van der Waals surface area (Å²) in [6.45, 7) is 0.154. The van der Waals surface area contributed by atoms with Gasteiger partial charge in [-0.05, 0) is 24.3 Å². The summed E-state index contributed by atoms with van der Waals surface area (Å²) in [5.41, 5.74) is 0. The van der Waals surface area contributed by atoms with Gasteiger partial charge in [0.15, 0.2) is 0 Å². The molecule has 6 nitrogen and oxygen atoms in total. The standard InChI is InChI=1S/C13H19NO5S2/c1-19-13(16)12-11(6-8-20-12)21(17,18)14-7-4-2-3-5-10(14)9-15/h6,8,10,15H,2-5,7,9H2,1H3. The molecule has 0 bridgehead atoms. The fourth-order valence-corrected chi connectivity index (χ4v) is 5.51. The predicted molar refractivity (Wildman–Crippen MR) is 78.9 cm³/mol. The average Bonchev–Trinajstić information content (AvgIpc) is 2.85.